The highest BCUT2D eigenvalue weighted by molar-refractivity contribution is 6.28. The van der Waals surface area contributed by atoms with Gasteiger partial charge in [-0.2, -0.15) is 0 Å². The molecule has 0 radical (unpaired) electrons. The fourth-order valence-corrected chi connectivity index (χ4v) is 2.51. The third-order valence-electron chi connectivity index (χ3n) is 3.24. The lowest BCUT2D eigenvalue weighted by Crippen LogP contribution is -2.24. The zero-order valence-corrected chi connectivity index (χ0v) is 10.5. The van der Waals surface area contributed by atoms with E-state index in [1.807, 2.05) is 0 Å². The van der Waals surface area contributed by atoms with E-state index in [-0.39, 0.29) is 17.4 Å². The Morgan fingerprint density at radius 3 is 3.11 bits per heavy atom. The van der Waals surface area contributed by atoms with Gasteiger partial charge < -0.3 is 19.5 Å². The average molecular weight is 286 g/mol. The molecule has 1 aliphatic rings. The van der Waals surface area contributed by atoms with Crippen LogP contribution in [0.1, 0.15) is 12.6 Å². The van der Waals surface area contributed by atoms with Crippen LogP contribution in [0.15, 0.2) is 17.1 Å². The number of aliphatic hydroxyl groups excluding tert-OH is 2. The molecule has 8 heteroatoms. The molecule has 0 saturated carbocycles. The lowest BCUT2D eigenvalue weighted by atomic mass is 10.2. The van der Waals surface area contributed by atoms with Crippen LogP contribution in [0.4, 0.5) is 0 Å². The summed E-state index contributed by atoms with van der Waals surface area (Å²) >= 11 is 5.68. The van der Waals surface area contributed by atoms with Crippen LogP contribution < -0.4 is 5.56 Å². The first kappa shape index (κ1) is 12.6. The normalized spacial score (nSPS) is 27.2. The molecule has 3 heterocycles. The van der Waals surface area contributed by atoms with Crippen LogP contribution in [-0.4, -0.2) is 43.6 Å². The molecule has 0 spiro atoms. The lowest BCUT2D eigenvalue weighted by Gasteiger charge is -2.14. The second-order valence-electron chi connectivity index (χ2n) is 4.43. The molecule has 3 N–H and O–H groups in total. The van der Waals surface area contributed by atoms with Crippen molar-refractivity contribution in [3.05, 3.63) is 27.9 Å². The van der Waals surface area contributed by atoms with Crippen LogP contribution in [-0.2, 0) is 4.74 Å². The molecular weight excluding hydrogens is 274 g/mol. The molecule has 0 aromatic carbocycles. The number of hydrogen-bond acceptors (Lipinski definition) is 5. The highest BCUT2D eigenvalue weighted by Gasteiger charge is 2.35. The Hall–Kier alpha value is -1.41. The van der Waals surface area contributed by atoms with E-state index in [9.17, 15) is 9.90 Å². The smallest absolute Gasteiger partial charge is 0.276 e. The van der Waals surface area contributed by atoms with Crippen molar-refractivity contribution in [3.8, 4) is 0 Å². The number of aromatic nitrogens is 3. The van der Waals surface area contributed by atoms with Crippen molar-refractivity contribution in [1.29, 1.82) is 0 Å². The second kappa shape index (κ2) is 4.61. The van der Waals surface area contributed by atoms with E-state index >= 15 is 0 Å². The summed E-state index contributed by atoms with van der Waals surface area (Å²) in [6.07, 6.45) is 0.0552. The maximum absolute atomic E-state index is 11.9. The van der Waals surface area contributed by atoms with E-state index < -0.39 is 18.4 Å². The topological polar surface area (TPSA) is 100 Å². The summed E-state index contributed by atoms with van der Waals surface area (Å²) < 4.78 is 7.10. The molecule has 1 saturated heterocycles. The maximum atomic E-state index is 11.9. The molecule has 0 aliphatic carbocycles. The Labute approximate surface area is 112 Å². The number of aliphatic hydroxyl groups is 2. The van der Waals surface area contributed by atoms with E-state index in [1.54, 1.807) is 16.8 Å². The first-order valence-electron chi connectivity index (χ1n) is 5.81. The Bertz CT molecular complexity index is 667. The van der Waals surface area contributed by atoms with Crippen LogP contribution >= 0.6 is 11.6 Å². The first-order valence-corrected chi connectivity index (χ1v) is 6.18. The van der Waals surface area contributed by atoms with E-state index in [0.717, 1.165) is 0 Å². The van der Waals surface area contributed by atoms with Gasteiger partial charge in [-0.15, -0.1) is 0 Å². The van der Waals surface area contributed by atoms with Crippen molar-refractivity contribution < 1.29 is 14.9 Å². The van der Waals surface area contributed by atoms with Crippen molar-refractivity contribution in [2.24, 2.45) is 0 Å². The summed E-state index contributed by atoms with van der Waals surface area (Å²) in [5, 5.41) is 18.8. The summed E-state index contributed by atoms with van der Waals surface area (Å²) in [6.45, 7) is -0.267. The first-order chi connectivity index (χ1) is 9.10. The summed E-state index contributed by atoms with van der Waals surface area (Å²) in [5.74, 6) is 0. The van der Waals surface area contributed by atoms with Crippen molar-refractivity contribution in [2.75, 3.05) is 6.61 Å². The van der Waals surface area contributed by atoms with E-state index in [0.29, 0.717) is 17.5 Å². The largest absolute Gasteiger partial charge is 0.394 e. The molecule has 102 valence electrons. The number of halogens is 1. The third kappa shape index (κ3) is 2.04. The van der Waals surface area contributed by atoms with Gasteiger partial charge in [0.2, 0.25) is 5.28 Å². The Balaban J connectivity index is 2.05. The number of nitrogens with zero attached hydrogens (tertiary/aromatic N) is 2. The summed E-state index contributed by atoms with van der Waals surface area (Å²) in [6, 6.07) is 1.65. The minimum atomic E-state index is -0.758. The monoisotopic (exact) mass is 285 g/mol. The van der Waals surface area contributed by atoms with Gasteiger partial charge in [-0.3, -0.25) is 9.78 Å². The van der Waals surface area contributed by atoms with Gasteiger partial charge in [0.05, 0.1) is 18.2 Å². The van der Waals surface area contributed by atoms with Gasteiger partial charge in [-0.05, 0) is 17.7 Å². The highest BCUT2D eigenvalue weighted by Crippen LogP contribution is 2.30. The highest BCUT2D eigenvalue weighted by atomic mass is 35.5. The number of H-pyrrole nitrogens is 1. The predicted octanol–water partition coefficient (Wildman–Crippen LogP) is 0.0187. The molecule has 2 aromatic rings. The summed E-state index contributed by atoms with van der Waals surface area (Å²) in [7, 11) is 0. The summed E-state index contributed by atoms with van der Waals surface area (Å²) in [5.41, 5.74) is 0.421. The van der Waals surface area contributed by atoms with Gasteiger partial charge in [-0.1, -0.05) is 0 Å². The minimum Gasteiger partial charge on any atom is -0.394 e. The van der Waals surface area contributed by atoms with E-state index in [4.69, 9.17) is 21.4 Å². The number of fused-ring (bicyclic) bond motifs is 1. The van der Waals surface area contributed by atoms with Gasteiger partial charge in [-0.25, -0.2) is 4.98 Å². The molecule has 3 atom stereocenters. The van der Waals surface area contributed by atoms with E-state index in [2.05, 4.69) is 9.97 Å². The van der Waals surface area contributed by atoms with Crippen molar-refractivity contribution in [1.82, 2.24) is 14.5 Å². The van der Waals surface area contributed by atoms with Crippen LogP contribution in [0.2, 0.25) is 5.28 Å². The minimum absolute atomic E-state index is 0.0239. The van der Waals surface area contributed by atoms with Crippen LogP contribution in [0.25, 0.3) is 11.0 Å². The molecule has 0 unspecified atom stereocenters. The third-order valence-corrected chi connectivity index (χ3v) is 3.42. The second-order valence-corrected chi connectivity index (χ2v) is 4.79. The van der Waals surface area contributed by atoms with Gasteiger partial charge in [0.25, 0.3) is 5.56 Å². The molecule has 19 heavy (non-hydrogen) atoms. The van der Waals surface area contributed by atoms with Gasteiger partial charge in [0.1, 0.15) is 17.8 Å². The molecule has 0 amide bonds. The number of ether oxygens (including phenoxy) is 1. The van der Waals surface area contributed by atoms with Gasteiger partial charge >= 0.3 is 0 Å². The number of hydrogen-bond donors (Lipinski definition) is 3. The standard InChI is InChI=1S/C11H12ClN3O4/c12-11-13-5-1-2-15(9(5)10(18)14-11)8-3-6(17)7(4-16)19-8/h1-2,6-8,16-17H,3-4H2,(H,13,14,18)/t6-,7+,8+/m0/s1. The molecule has 1 aliphatic heterocycles. The lowest BCUT2D eigenvalue weighted by molar-refractivity contribution is -0.0429. The van der Waals surface area contributed by atoms with Crippen molar-refractivity contribution in [2.45, 2.75) is 24.9 Å². The fraction of sp³-hybridized carbons (Fsp3) is 0.455. The van der Waals surface area contributed by atoms with Crippen molar-refractivity contribution >= 4 is 22.6 Å². The van der Waals surface area contributed by atoms with Crippen LogP contribution in [0, 0.1) is 0 Å². The Kier molecular flexibility index (Phi) is 3.06. The molecular formula is C11H12ClN3O4. The predicted molar refractivity (Wildman–Crippen MR) is 67.0 cm³/mol. The number of aromatic amines is 1. The van der Waals surface area contributed by atoms with Crippen molar-refractivity contribution in [3.63, 3.8) is 0 Å². The maximum Gasteiger partial charge on any atom is 0.276 e. The molecule has 2 aromatic heterocycles. The fourth-order valence-electron chi connectivity index (χ4n) is 2.34. The molecule has 0 bridgehead atoms. The zero-order chi connectivity index (χ0) is 13.6. The molecule has 7 nitrogen and oxygen atoms in total. The SMILES string of the molecule is O=c1[nH]c(Cl)nc2ccn([C@H]3C[C@H](O)[C@@H](CO)O3)c12. The average Bonchev–Trinajstić information content (AvgIpc) is 2.92. The zero-order valence-electron chi connectivity index (χ0n) is 9.78. The molecule has 3 rings (SSSR count). The number of nitrogens with one attached hydrogen (secondary N) is 1. The summed E-state index contributed by atoms with van der Waals surface area (Å²) in [4.78, 5) is 18.3. The molecule has 1 fully saturated rings. The van der Waals surface area contributed by atoms with Crippen LogP contribution in [0.5, 0.6) is 0 Å². The van der Waals surface area contributed by atoms with Gasteiger partial charge in [0, 0.05) is 12.6 Å². The van der Waals surface area contributed by atoms with Gasteiger partial charge in [0.15, 0.2) is 0 Å². The number of rotatable bonds is 2. The quantitative estimate of drug-likeness (QED) is 0.675. The van der Waals surface area contributed by atoms with Crippen LogP contribution in [0.3, 0.4) is 0 Å². The van der Waals surface area contributed by atoms with E-state index in [1.165, 1.54) is 0 Å². The Morgan fingerprint density at radius 2 is 2.42 bits per heavy atom. The Morgan fingerprint density at radius 1 is 1.63 bits per heavy atom.